The summed E-state index contributed by atoms with van der Waals surface area (Å²) in [4.78, 5) is 7.16. The molecule has 6 rings (SSSR count). The normalized spacial score (nSPS) is 23.2. The van der Waals surface area contributed by atoms with E-state index in [9.17, 15) is 5.11 Å². The molecule has 36 heavy (non-hydrogen) atoms. The summed E-state index contributed by atoms with van der Waals surface area (Å²) in [5, 5.41) is 21.3. The number of aromatic nitrogens is 3. The Kier molecular flexibility index (Phi) is 6.12. The van der Waals surface area contributed by atoms with Gasteiger partial charge in [0.15, 0.2) is 5.15 Å². The SMILES string of the molecule is C=CC1CC2[C@H]1CCN2[C@@H](C)[C@H](Oc1nnc(Cl)c2ccccc12)c1ccnc2ccc(CO)cc12. The van der Waals surface area contributed by atoms with Gasteiger partial charge < -0.3 is 9.84 Å². The smallest absolute Gasteiger partial charge is 0.242 e. The summed E-state index contributed by atoms with van der Waals surface area (Å²) in [5.74, 6) is 1.73. The standard InChI is InChI=1S/C29H29ClN4O2/c1-3-19-15-26-20(19)11-13-34(26)17(2)27(21-10-12-31-25-9-8-18(16-35)14-24(21)25)36-29-23-7-5-4-6-22(23)28(30)32-33-29/h3-10,12,14,17,19-20,26-27,35H,1,11,13,15-16H2,2H3/t17-,19?,20-,26?,27-/m0/s1. The molecular weight excluding hydrogens is 472 g/mol. The fourth-order valence-electron chi connectivity index (χ4n) is 6.16. The number of likely N-dealkylation sites (tertiary alicyclic amines) is 1. The summed E-state index contributed by atoms with van der Waals surface area (Å²) in [6.45, 7) is 7.28. The van der Waals surface area contributed by atoms with Crippen molar-refractivity contribution in [3.63, 3.8) is 0 Å². The summed E-state index contributed by atoms with van der Waals surface area (Å²) >= 11 is 6.35. The predicted octanol–water partition coefficient (Wildman–Crippen LogP) is 5.73. The van der Waals surface area contributed by atoms with Gasteiger partial charge in [0.25, 0.3) is 0 Å². The number of hydrogen-bond acceptors (Lipinski definition) is 6. The maximum atomic E-state index is 9.81. The predicted molar refractivity (Wildman–Crippen MR) is 142 cm³/mol. The van der Waals surface area contributed by atoms with Crippen molar-refractivity contribution in [2.45, 2.75) is 44.6 Å². The van der Waals surface area contributed by atoms with E-state index in [1.165, 1.54) is 6.42 Å². The number of allylic oxidation sites excluding steroid dienone is 1. The minimum atomic E-state index is -0.329. The molecule has 0 bridgehead atoms. The summed E-state index contributed by atoms with van der Waals surface area (Å²) in [6, 6.07) is 16.3. The van der Waals surface area contributed by atoms with Crippen LogP contribution in [-0.4, -0.2) is 43.8 Å². The van der Waals surface area contributed by atoms with Crippen molar-refractivity contribution in [1.82, 2.24) is 20.1 Å². The highest BCUT2D eigenvalue weighted by Crippen LogP contribution is 2.48. The zero-order valence-corrected chi connectivity index (χ0v) is 21.0. The Labute approximate surface area is 215 Å². The van der Waals surface area contributed by atoms with E-state index in [-0.39, 0.29) is 18.8 Å². The average molecular weight is 501 g/mol. The Morgan fingerprint density at radius 3 is 2.81 bits per heavy atom. The molecule has 0 amide bonds. The van der Waals surface area contributed by atoms with Crippen molar-refractivity contribution in [2.75, 3.05) is 6.54 Å². The summed E-state index contributed by atoms with van der Waals surface area (Å²) < 4.78 is 6.80. The van der Waals surface area contributed by atoms with Gasteiger partial charge in [0.05, 0.1) is 12.1 Å². The van der Waals surface area contributed by atoms with E-state index in [0.29, 0.717) is 28.9 Å². The second-order valence-electron chi connectivity index (χ2n) is 9.92. The Morgan fingerprint density at radius 2 is 2.00 bits per heavy atom. The van der Waals surface area contributed by atoms with Crippen LogP contribution in [0.25, 0.3) is 21.7 Å². The second kappa shape index (κ2) is 9.43. The first-order valence-electron chi connectivity index (χ1n) is 12.5. The third kappa shape index (κ3) is 3.84. The second-order valence-corrected chi connectivity index (χ2v) is 10.3. The Balaban J connectivity index is 1.45. The van der Waals surface area contributed by atoms with Crippen LogP contribution in [0.2, 0.25) is 5.15 Å². The molecule has 1 aliphatic heterocycles. The number of benzene rings is 2. The number of nitrogens with zero attached hydrogens (tertiary/aromatic N) is 4. The zero-order valence-electron chi connectivity index (χ0n) is 20.2. The molecule has 1 saturated carbocycles. The molecule has 184 valence electrons. The summed E-state index contributed by atoms with van der Waals surface area (Å²) in [7, 11) is 0. The van der Waals surface area contributed by atoms with E-state index in [0.717, 1.165) is 45.8 Å². The fraction of sp³-hybridized carbons (Fsp3) is 0.345. The van der Waals surface area contributed by atoms with E-state index in [2.05, 4.69) is 39.7 Å². The minimum Gasteiger partial charge on any atom is -0.466 e. The number of aliphatic hydroxyl groups is 1. The molecule has 0 radical (unpaired) electrons. The van der Waals surface area contributed by atoms with E-state index < -0.39 is 0 Å². The molecule has 2 unspecified atom stereocenters. The highest BCUT2D eigenvalue weighted by Gasteiger charge is 2.49. The highest BCUT2D eigenvalue weighted by molar-refractivity contribution is 6.34. The van der Waals surface area contributed by atoms with Crippen molar-refractivity contribution >= 4 is 33.3 Å². The number of rotatable bonds is 7. The van der Waals surface area contributed by atoms with Crippen LogP contribution in [0.4, 0.5) is 0 Å². The van der Waals surface area contributed by atoms with Crippen LogP contribution in [0.1, 0.15) is 37.0 Å². The van der Waals surface area contributed by atoms with Crippen LogP contribution >= 0.6 is 11.6 Å². The van der Waals surface area contributed by atoms with E-state index in [1.54, 1.807) is 0 Å². The molecule has 6 nitrogen and oxygen atoms in total. The molecule has 2 fully saturated rings. The van der Waals surface area contributed by atoms with Crippen LogP contribution in [0.5, 0.6) is 5.88 Å². The molecule has 3 heterocycles. The Bertz CT molecular complexity index is 1440. The van der Waals surface area contributed by atoms with Gasteiger partial charge in [0.2, 0.25) is 5.88 Å². The van der Waals surface area contributed by atoms with Crippen molar-refractivity contribution in [3.8, 4) is 5.88 Å². The molecule has 2 aromatic heterocycles. The van der Waals surface area contributed by atoms with Crippen LogP contribution in [0.15, 0.2) is 67.4 Å². The van der Waals surface area contributed by atoms with Crippen LogP contribution in [0.3, 0.4) is 0 Å². The average Bonchev–Trinajstić information content (AvgIpc) is 3.24. The number of aliphatic hydroxyl groups excluding tert-OH is 1. The molecular formula is C29H29ClN4O2. The number of pyridine rings is 1. The molecule has 4 aromatic rings. The largest absolute Gasteiger partial charge is 0.466 e. The third-order valence-corrected chi connectivity index (χ3v) is 8.42. The van der Waals surface area contributed by atoms with E-state index >= 15 is 0 Å². The molecule has 1 aliphatic carbocycles. The van der Waals surface area contributed by atoms with Crippen LogP contribution in [-0.2, 0) is 6.61 Å². The molecule has 2 aromatic carbocycles. The zero-order chi connectivity index (χ0) is 24.8. The van der Waals surface area contributed by atoms with Gasteiger partial charge in [-0.2, -0.15) is 0 Å². The first-order chi connectivity index (χ1) is 17.6. The Morgan fingerprint density at radius 1 is 1.17 bits per heavy atom. The van der Waals surface area contributed by atoms with Crippen molar-refractivity contribution in [3.05, 3.63) is 83.7 Å². The quantitative estimate of drug-likeness (QED) is 0.327. The van der Waals surface area contributed by atoms with Gasteiger partial charge in [-0.05, 0) is 68.0 Å². The molecule has 1 saturated heterocycles. The van der Waals surface area contributed by atoms with Gasteiger partial charge in [0.1, 0.15) is 6.10 Å². The number of fused-ring (bicyclic) bond motifs is 3. The fourth-order valence-corrected chi connectivity index (χ4v) is 6.36. The van der Waals surface area contributed by atoms with Gasteiger partial charge in [-0.3, -0.25) is 9.88 Å². The molecule has 2 aliphatic rings. The highest BCUT2D eigenvalue weighted by atomic mass is 35.5. The van der Waals surface area contributed by atoms with E-state index in [4.69, 9.17) is 16.3 Å². The van der Waals surface area contributed by atoms with Gasteiger partial charge in [-0.25, -0.2) is 0 Å². The molecule has 1 N–H and O–H groups in total. The summed E-state index contributed by atoms with van der Waals surface area (Å²) in [5.41, 5.74) is 2.73. The van der Waals surface area contributed by atoms with Crippen molar-refractivity contribution < 1.29 is 9.84 Å². The lowest BCUT2D eigenvalue weighted by Gasteiger charge is -2.45. The van der Waals surface area contributed by atoms with E-state index in [1.807, 2.05) is 54.7 Å². The maximum Gasteiger partial charge on any atom is 0.242 e. The maximum absolute atomic E-state index is 9.81. The third-order valence-electron chi connectivity index (χ3n) is 8.14. The Hall–Kier alpha value is -3.06. The topological polar surface area (TPSA) is 71.4 Å². The number of ether oxygens (including phenoxy) is 1. The summed E-state index contributed by atoms with van der Waals surface area (Å²) in [6.07, 6.45) is 5.93. The van der Waals surface area contributed by atoms with Crippen molar-refractivity contribution in [1.29, 1.82) is 0 Å². The van der Waals surface area contributed by atoms with Gasteiger partial charge in [-0.15, -0.1) is 16.8 Å². The number of hydrogen-bond donors (Lipinski definition) is 1. The first kappa shape index (κ1) is 23.3. The van der Waals surface area contributed by atoms with Crippen LogP contribution in [0, 0.1) is 11.8 Å². The molecule has 7 heteroatoms. The number of halogens is 1. The van der Waals surface area contributed by atoms with Gasteiger partial charge in [-0.1, -0.05) is 41.9 Å². The minimum absolute atomic E-state index is 0.0303. The van der Waals surface area contributed by atoms with Gasteiger partial charge >= 0.3 is 0 Å². The van der Waals surface area contributed by atoms with Gasteiger partial charge in [0, 0.05) is 40.0 Å². The lowest BCUT2D eigenvalue weighted by molar-refractivity contribution is 0.0190. The lowest BCUT2D eigenvalue weighted by Crippen LogP contribution is -2.50. The van der Waals surface area contributed by atoms with Crippen molar-refractivity contribution in [2.24, 2.45) is 11.8 Å². The van der Waals surface area contributed by atoms with Crippen LogP contribution < -0.4 is 4.74 Å². The lowest BCUT2D eigenvalue weighted by atomic mass is 9.69. The molecule has 5 atom stereocenters. The molecule has 0 spiro atoms. The monoisotopic (exact) mass is 500 g/mol. The first-order valence-corrected chi connectivity index (χ1v) is 12.9.